The molecule has 1 saturated heterocycles. The standard InChI is InChI=1S/C10H20N2O4S/c1-17(14,15)6-2-5-12-10(13)9-4-3-8(7-11)16-9/h8-9H,2-7,11H2,1H3,(H,12,13). The molecule has 1 heterocycles. The molecular formula is C10H20N2O4S. The monoisotopic (exact) mass is 264 g/mol. The third-order valence-electron chi connectivity index (χ3n) is 2.65. The lowest BCUT2D eigenvalue weighted by Gasteiger charge is -2.12. The average Bonchev–Trinajstić information content (AvgIpc) is 2.71. The van der Waals surface area contributed by atoms with Crippen LogP contribution in [0.4, 0.5) is 0 Å². The highest BCUT2D eigenvalue weighted by Gasteiger charge is 2.29. The first-order valence-corrected chi connectivity index (χ1v) is 7.79. The summed E-state index contributed by atoms with van der Waals surface area (Å²) < 4.78 is 27.1. The number of nitrogens with one attached hydrogen (secondary N) is 1. The molecule has 100 valence electrons. The van der Waals surface area contributed by atoms with Crippen molar-refractivity contribution in [2.75, 3.05) is 25.1 Å². The summed E-state index contributed by atoms with van der Waals surface area (Å²) in [5, 5.41) is 2.67. The zero-order valence-corrected chi connectivity index (χ0v) is 10.8. The summed E-state index contributed by atoms with van der Waals surface area (Å²) in [6.07, 6.45) is 2.64. The van der Waals surface area contributed by atoms with E-state index in [1.54, 1.807) is 0 Å². The van der Waals surface area contributed by atoms with Crippen molar-refractivity contribution in [3.8, 4) is 0 Å². The minimum Gasteiger partial charge on any atom is -0.364 e. The van der Waals surface area contributed by atoms with Crippen LogP contribution in [0.2, 0.25) is 0 Å². The molecule has 0 spiro atoms. The summed E-state index contributed by atoms with van der Waals surface area (Å²) in [5.74, 6) is -0.0843. The number of rotatable bonds is 6. The van der Waals surface area contributed by atoms with E-state index in [1.807, 2.05) is 0 Å². The molecule has 0 aromatic rings. The van der Waals surface area contributed by atoms with Gasteiger partial charge < -0.3 is 15.8 Å². The van der Waals surface area contributed by atoms with Gasteiger partial charge in [-0.15, -0.1) is 0 Å². The first-order valence-electron chi connectivity index (χ1n) is 5.73. The molecule has 1 rings (SSSR count). The molecule has 7 heteroatoms. The second kappa shape index (κ2) is 6.32. The van der Waals surface area contributed by atoms with E-state index in [4.69, 9.17) is 10.5 Å². The van der Waals surface area contributed by atoms with E-state index >= 15 is 0 Å². The number of carbonyl (C=O) groups excluding carboxylic acids is 1. The van der Waals surface area contributed by atoms with Gasteiger partial charge in [-0.25, -0.2) is 8.42 Å². The SMILES string of the molecule is CS(=O)(=O)CCCNC(=O)C1CCC(CN)O1. The van der Waals surface area contributed by atoms with Gasteiger partial charge >= 0.3 is 0 Å². The minimum absolute atomic E-state index is 0.0261. The second-order valence-corrected chi connectivity index (χ2v) is 6.59. The summed E-state index contributed by atoms with van der Waals surface area (Å²) in [6.45, 7) is 0.789. The van der Waals surface area contributed by atoms with Crippen LogP contribution in [0.25, 0.3) is 0 Å². The fourth-order valence-corrected chi connectivity index (χ4v) is 2.40. The van der Waals surface area contributed by atoms with Crippen LogP contribution in [0.3, 0.4) is 0 Å². The van der Waals surface area contributed by atoms with Gasteiger partial charge in [0.1, 0.15) is 15.9 Å². The molecule has 2 unspecified atom stereocenters. The van der Waals surface area contributed by atoms with Crippen LogP contribution in [0.1, 0.15) is 19.3 Å². The molecule has 6 nitrogen and oxygen atoms in total. The Morgan fingerprint density at radius 2 is 2.18 bits per heavy atom. The third kappa shape index (κ3) is 5.47. The van der Waals surface area contributed by atoms with Crippen LogP contribution in [0.15, 0.2) is 0 Å². The topological polar surface area (TPSA) is 98.5 Å². The van der Waals surface area contributed by atoms with Crippen molar-refractivity contribution in [3.63, 3.8) is 0 Å². The fraction of sp³-hybridized carbons (Fsp3) is 0.900. The fourth-order valence-electron chi connectivity index (χ4n) is 1.73. The third-order valence-corrected chi connectivity index (χ3v) is 3.68. The predicted octanol–water partition coefficient (Wildman–Crippen LogP) is -0.956. The highest BCUT2D eigenvalue weighted by molar-refractivity contribution is 7.90. The molecule has 2 atom stereocenters. The van der Waals surface area contributed by atoms with Crippen molar-refractivity contribution in [2.24, 2.45) is 5.73 Å². The lowest BCUT2D eigenvalue weighted by Crippen LogP contribution is -2.36. The molecule has 1 amide bonds. The largest absolute Gasteiger partial charge is 0.364 e. The van der Waals surface area contributed by atoms with Gasteiger partial charge in [-0.3, -0.25) is 4.79 Å². The molecule has 1 aliphatic heterocycles. The molecule has 0 saturated carbocycles. The quantitative estimate of drug-likeness (QED) is 0.602. The molecule has 17 heavy (non-hydrogen) atoms. The zero-order chi connectivity index (χ0) is 12.9. The van der Waals surface area contributed by atoms with Crippen LogP contribution in [-0.4, -0.2) is 51.6 Å². The van der Waals surface area contributed by atoms with Crippen LogP contribution in [-0.2, 0) is 19.4 Å². The van der Waals surface area contributed by atoms with E-state index in [0.29, 0.717) is 25.9 Å². The highest BCUT2D eigenvalue weighted by atomic mass is 32.2. The van der Waals surface area contributed by atoms with E-state index in [-0.39, 0.29) is 17.8 Å². The summed E-state index contributed by atoms with van der Waals surface area (Å²) in [6, 6.07) is 0. The van der Waals surface area contributed by atoms with Crippen LogP contribution in [0, 0.1) is 0 Å². The van der Waals surface area contributed by atoms with Gasteiger partial charge in [-0.05, 0) is 19.3 Å². The Hall–Kier alpha value is -0.660. The number of nitrogens with two attached hydrogens (primary N) is 1. The maximum Gasteiger partial charge on any atom is 0.249 e. The van der Waals surface area contributed by atoms with E-state index in [2.05, 4.69) is 5.32 Å². The van der Waals surface area contributed by atoms with Gasteiger partial charge in [0, 0.05) is 19.3 Å². The lowest BCUT2D eigenvalue weighted by atomic mass is 10.2. The van der Waals surface area contributed by atoms with E-state index < -0.39 is 15.9 Å². The number of amides is 1. The Morgan fingerprint density at radius 3 is 2.71 bits per heavy atom. The van der Waals surface area contributed by atoms with E-state index in [0.717, 1.165) is 6.42 Å². The van der Waals surface area contributed by atoms with Crippen LogP contribution in [0.5, 0.6) is 0 Å². The number of carbonyl (C=O) groups is 1. The van der Waals surface area contributed by atoms with Crippen molar-refractivity contribution >= 4 is 15.7 Å². The minimum atomic E-state index is -2.95. The Bertz CT molecular complexity index is 355. The number of hydrogen-bond donors (Lipinski definition) is 2. The van der Waals surface area contributed by atoms with Crippen molar-refractivity contribution in [1.29, 1.82) is 0 Å². The number of hydrogen-bond acceptors (Lipinski definition) is 5. The number of ether oxygens (including phenoxy) is 1. The van der Waals surface area contributed by atoms with Gasteiger partial charge in [-0.1, -0.05) is 0 Å². The Morgan fingerprint density at radius 1 is 1.47 bits per heavy atom. The average molecular weight is 264 g/mol. The normalized spacial score (nSPS) is 24.8. The van der Waals surface area contributed by atoms with Crippen LogP contribution < -0.4 is 11.1 Å². The molecule has 0 aromatic heterocycles. The Kier molecular flexibility index (Phi) is 5.35. The van der Waals surface area contributed by atoms with E-state index in [9.17, 15) is 13.2 Å². The van der Waals surface area contributed by atoms with Crippen molar-refractivity contribution in [3.05, 3.63) is 0 Å². The molecule has 0 aliphatic carbocycles. The smallest absolute Gasteiger partial charge is 0.249 e. The van der Waals surface area contributed by atoms with Gasteiger partial charge in [0.25, 0.3) is 0 Å². The van der Waals surface area contributed by atoms with Crippen LogP contribution >= 0.6 is 0 Å². The second-order valence-electron chi connectivity index (χ2n) is 4.33. The van der Waals surface area contributed by atoms with Crippen molar-refractivity contribution < 1.29 is 17.9 Å². The predicted molar refractivity (Wildman–Crippen MR) is 64.3 cm³/mol. The maximum atomic E-state index is 11.6. The molecule has 1 aliphatic rings. The summed E-state index contributed by atoms with van der Waals surface area (Å²) in [4.78, 5) is 11.6. The summed E-state index contributed by atoms with van der Waals surface area (Å²) in [7, 11) is -2.95. The maximum absolute atomic E-state index is 11.6. The molecule has 1 fully saturated rings. The Labute approximate surface area is 102 Å². The molecular weight excluding hydrogens is 244 g/mol. The van der Waals surface area contributed by atoms with Gasteiger partial charge in [-0.2, -0.15) is 0 Å². The highest BCUT2D eigenvalue weighted by Crippen LogP contribution is 2.18. The summed E-state index contributed by atoms with van der Waals surface area (Å²) >= 11 is 0. The molecule has 0 bridgehead atoms. The first-order chi connectivity index (χ1) is 7.92. The first kappa shape index (κ1) is 14.4. The van der Waals surface area contributed by atoms with Crippen molar-refractivity contribution in [2.45, 2.75) is 31.5 Å². The molecule has 0 radical (unpaired) electrons. The van der Waals surface area contributed by atoms with Gasteiger partial charge in [0.15, 0.2) is 0 Å². The number of sulfone groups is 1. The van der Waals surface area contributed by atoms with Gasteiger partial charge in [0.05, 0.1) is 11.9 Å². The molecule has 3 N–H and O–H groups in total. The zero-order valence-electron chi connectivity index (χ0n) is 10.0. The summed E-state index contributed by atoms with van der Waals surface area (Å²) in [5.41, 5.74) is 5.44. The van der Waals surface area contributed by atoms with E-state index in [1.165, 1.54) is 6.26 Å². The molecule has 0 aromatic carbocycles. The van der Waals surface area contributed by atoms with Crippen molar-refractivity contribution in [1.82, 2.24) is 5.32 Å². The van der Waals surface area contributed by atoms with Gasteiger partial charge in [0.2, 0.25) is 5.91 Å². The Balaban J connectivity index is 2.18. The lowest BCUT2D eigenvalue weighted by molar-refractivity contribution is -0.131.